The van der Waals surface area contributed by atoms with E-state index >= 15 is 0 Å². The number of hydrogen-bond donors (Lipinski definition) is 2. The van der Waals surface area contributed by atoms with Gasteiger partial charge in [-0.2, -0.15) is 0 Å². The summed E-state index contributed by atoms with van der Waals surface area (Å²) >= 11 is 12.0. The van der Waals surface area contributed by atoms with E-state index in [0.29, 0.717) is 28.7 Å². The number of rotatable bonds is 3. The first kappa shape index (κ1) is 16.8. The molecule has 0 unspecified atom stereocenters. The molecule has 0 bridgehead atoms. The van der Waals surface area contributed by atoms with Crippen molar-refractivity contribution in [3.05, 3.63) is 58.6 Å². The van der Waals surface area contributed by atoms with Crippen LogP contribution in [0.4, 0.5) is 0 Å². The maximum Gasteiger partial charge on any atom is 0.145 e. The van der Waals surface area contributed by atoms with Gasteiger partial charge in [-0.05, 0) is 42.5 Å². The van der Waals surface area contributed by atoms with Gasteiger partial charge in [-0.25, -0.2) is 9.97 Å². The van der Waals surface area contributed by atoms with Gasteiger partial charge in [0.15, 0.2) is 0 Å². The van der Waals surface area contributed by atoms with Crippen LogP contribution in [-0.2, 0) is 6.42 Å². The molecule has 0 radical (unpaired) electrons. The van der Waals surface area contributed by atoms with Crippen molar-refractivity contribution in [3.8, 4) is 0 Å². The third kappa shape index (κ3) is 3.02. The van der Waals surface area contributed by atoms with Gasteiger partial charge < -0.3 is 14.8 Å². The smallest absolute Gasteiger partial charge is 0.145 e. The monoisotopic (exact) mass is 377 g/mol. The molecular formula is C18H17Cl2N3O2. The van der Waals surface area contributed by atoms with Crippen molar-refractivity contribution in [1.29, 1.82) is 0 Å². The minimum Gasteiger partial charge on any atom is -0.390 e. The summed E-state index contributed by atoms with van der Waals surface area (Å²) in [7, 11) is 0. The van der Waals surface area contributed by atoms with Crippen LogP contribution in [0.2, 0.25) is 10.2 Å². The average molecular weight is 378 g/mol. The van der Waals surface area contributed by atoms with Gasteiger partial charge in [0.25, 0.3) is 0 Å². The van der Waals surface area contributed by atoms with Crippen molar-refractivity contribution < 1.29 is 10.2 Å². The average Bonchev–Trinajstić information content (AvgIpc) is 3.14. The van der Waals surface area contributed by atoms with E-state index in [1.165, 1.54) is 6.33 Å². The molecule has 4 rings (SSSR count). The minimum absolute atomic E-state index is 0.0454. The Hall–Kier alpha value is -1.66. The third-order valence-electron chi connectivity index (χ3n) is 5.00. The number of nitrogens with zero attached hydrogens (tertiary/aromatic N) is 3. The maximum absolute atomic E-state index is 10.6. The highest BCUT2D eigenvalue weighted by atomic mass is 35.5. The van der Waals surface area contributed by atoms with Crippen molar-refractivity contribution >= 4 is 34.2 Å². The molecule has 2 aromatic heterocycles. The van der Waals surface area contributed by atoms with Gasteiger partial charge in [0.2, 0.25) is 0 Å². The van der Waals surface area contributed by atoms with Gasteiger partial charge in [-0.3, -0.25) is 0 Å². The van der Waals surface area contributed by atoms with Crippen molar-refractivity contribution in [2.45, 2.75) is 31.1 Å². The number of fused-ring (bicyclic) bond motifs is 1. The second kappa shape index (κ2) is 6.57. The number of hydrogen-bond acceptors (Lipinski definition) is 4. The number of halogens is 2. The van der Waals surface area contributed by atoms with Gasteiger partial charge in [0, 0.05) is 11.2 Å². The van der Waals surface area contributed by atoms with Gasteiger partial charge in [0.1, 0.15) is 23.2 Å². The quantitative estimate of drug-likeness (QED) is 0.687. The molecule has 1 saturated carbocycles. The molecule has 0 spiro atoms. The van der Waals surface area contributed by atoms with E-state index in [1.807, 2.05) is 41.1 Å². The normalized spacial score (nSPS) is 26.4. The summed E-state index contributed by atoms with van der Waals surface area (Å²) in [5.74, 6) is -0.0454. The molecule has 5 nitrogen and oxygen atoms in total. The Bertz CT molecular complexity index is 897. The molecule has 4 atom stereocenters. The zero-order valence-electron chi connectivity index (χ0n) is 13.3. The van der Waals surface area contributed by atoms with E-state index in [2.05, 4.69) is 9.97 Å². The van der Waals surface area contributed by atoms with Crippen LogP contribution in [0.3, 0.4) is 0 Å². The summed E-state index contributed by atoms with van der Waals surface area (Å²) in [5.41, 5.74) is 1.76. The van der Waals surface area contributed by atoms with Crippen molar-refractivity contribution in [1.82, 2.24) is 14.5 Å². The molecular weight excluding hydrogens is 361 g/mol. The standard InChI is InChI=1S/C18H17Cl2N3O2/c19-12-3-1-10(2-4-12)7-11-8-14(16(25)15(11)24)23-6-5-13-17(20)21-9-22-18(13)23/h1-6,9,11,14-16,24-25H,7-8H2/t11-,14+,15+,16-/m0/s1. The van der Waals surface area contributed by atoms with Crippen LogP contribution in [0.5, 0.6) is 0 Å². The molecule has 3 aromatic rings. The fraction of sp³-hybridized carbons (Fsp3) is 0.333. The Morgan fingerprint density at radius 1 is 1.04 bits per heavy atom. The molecule has 0 aliphatic heterocycles. The van der Waals surface area contributed by atoms with Crippen LogP contribution < -0.4 is 0 Å². The predicted octanol–water partition coefficient (Wildman–Crippen LogP) is 3.26. The minimum atomic E-state index is -0.860. The van der Waals surface area contributed by atoms with Gasteiger partial charge in [-0.15, -0.1) is 0 Å². The molecule has 2 N–H and O–H groups in total. The lowest BCUT2D eigenvalue weighted by molar-refractivity contribution is 0.00683. The van der Waals surface area contributed by atoms with Gasteiger partial charge in [-0.1, -0.05) is 35.3 Å². The van der Waals surface area contributed by atoms with Crippen LogP contribution in [0.15, 0.2) is 42.9 Å². The molecule has 1 fully saturated rings. The Morgan fingerprint density at radius 2 is 1.80 bits per heavy atom. The molecule has 7 heteroatoms. The first-order chi connectivity index (χ1) is 12.0. The number of aliphatic hydroxyl groups excluding tert-OH is 2. The first-order valence-corrected chi connectivity index (χ1v) is 8.88. The van der Waals surface area contributed by atoms with Crippen molar-refractivity contribution in [2.24, 2.45) is 5.92 Å². The van der Waals surface area contributed by atoms with E-state index in [0.717, 1.165) is 10.9 Å². The van der Waals surface area contributed by atoms with Crippen molar-refractivity contribution in [3.63, 3.8) is 0 Å². The lowest BCUT2D eigenvalue weighted by Gasteiger charge is -2.19. The summed E-state index contributed by atoms with van der Waals surface area (Å²) in [6, 6.07) is 9.16. The number of benzene rings is 1. The highest BCUT2D eigenvalue weighted by Crippen LogP contribution is 2.39. The van der Waals surface area contributed by atoms with Crippen LogP contribution >= 0.6 is 23.2 Å². The molecule has 130 valence electrons. The lowest BCUT2D eigenvalue weighted by Crippen LogP contribution is -2.30. The van der Waals surface area contributed by atoms with Gasteiger partial charge >= 0.3 is 0 Å². The topological polar surface area (TPSA) is 71.2 Å². The fourth-order valence-electron chi connectivity index (χ4n) is 3.71. The molecule has 0 amide bonds. The van der Waals surface area contributed by atoms with E-state index in [-0.39, 0.29) is 12.0 Å². The molecule has 1 aliphatic rings. The summed E-state index contributed by atoms with van der Waals surface area (Å²) in [6.07, 6.45) is 2.93. The lowest BCUT2D eigenvalue weighted by atomic mass is 9.96. The molecule has 1 aliphatic carbocycles. The highest BCUT2D eigenvalue weighted by molar-refractivity contribution is 6.33. The van der Waals surface area contributed by atoms with E-state index in [9.17, 15) is 10.2 Å². The number of aliphatic hydroxyl groups is 2. The van der Waals surface area contributed by atoms with Crippen LogP contribution in [0, 0.1) is 5.92 Å². The van der Waals surface area contributed by atoms with Crippen LogP contribution in [0.25, 0.3) is 11.0 Å². The Morgan fingerprint density at radius 3 is 2.56 bits per heavy atom. The SMILES string of the molecule is O[C@@H]1[C@@H](Cc2ccc(Cl)cc2)C[C@@H](n2ccc3c(Cl)ncnc32)[C@@H]1O. The molecule has 25 heavy (non-hydrogen) atoms. The van der Waals surface area contributed by atoms with Crippen molar-refractivity contribution in [2.75, 3.05) is 0 Å². The fourth-order valence-corrected chi connectivity index (χ4v) is 4.03. The Balaban J connectivity index is 1.61. The summed E-state index contributed by atoms with van der Waals surface area (Å²) in [4.78, 5) is 8.26. The molecule has 2 heterocycles. The maximum atomic E-state index is 10.6. The Kier molecular flexibility index (Phi) is 4.41. The Labute approximate surface area is 154 Å². The zero-order chi connectivity index (χ0) is 17.6. The van der Waals surface area contributed by atoms with E-state index < -0.39 is 12.2 Å². The second-order valence-corrected chi connectivity index (χ2v) is 7.29. The molecule has 0 saturated heterocycles. The zero-order valence-corrected chi connectivity index (χ0v) is 14.8. The van der Waals surface area contributed by atoms with Gasteiger partial charge in [0.05, 0.1) is 17.5 Å². The largest absolute Gasteiger partial charge is 0.390 e. The highest BCUT2D eigenvalue weighted by Gasteiger charge is 2.42. The summed E-state index contributed by atoms with van der Waals surface area (Å²) in [5, 5.41) is 22.9. The van der Waals surface area contributed by atoms with Crippen LogP contribution in [0.1, 0.15) is 18.0 Å². The van der Waals surface area contributed by atoms with E-state index in [4.69, 9.17) is 23.2 Å². The summed E-state index contributed by atoms with van der Waals surface area (Å²) < 4.78 is 1.89. The van der Waals surface area contributed by atoms with Crippen LogP contribution in [-0.4, -0.2) is 37.0 Å². The second-order valence-electron chi connectivity index (χ2n) is 6.50. The summed E-state index contributed by atoms with van der Waals surface area (Å²) in [6.45, 7) is 0. The number of aromatic nitrogens is 3. The molecule has 1 aromatic carbocycles. The predicted molar refractivity (Wildman–Crippen MR) is 96.9 cm³/mol. The third-order valence-corrected chi connectivity index (χ3v) is 5.55. The first-order valence-electron chi connectivity index (χ1n) is 8.12. The van der Waals surface area contributed by atoms with E-state index in [1.54, 1.807) is 0 Å².